The normalized spacial score (nSPS) is 27.8. The van der Waals surface area contributed by atoms with Crippen LogP contribution in [0, 0.1) is 33.3 Å². The van der Waals surface area contributed by atoms with Gasteiger partial charge in [-0.25, -0.2) is 15.1 Å². The van der Waals surface area contributed by atoms with E-state index in [-0.39, 0.29) is 54.6 Å². The zero-order chi connectivity index (χ0) is 30.4. The van der Waals surface area contributed by atoms with Gasteiger partial charge in [0, 0.05) is 19.4 Å². The number of nitrogens with zero attached hydrogens (tertiary/aromatic N) is 2. The Hall–Kier alpha value is -2.74. The van der Waals surface area contributed by atoms with E-state index in [2.05, 4.69) is 50.2 Å². The van der Waals surface area contributed by atoms with Gasteiger partial charge in [0.25, 0.3) is 5.96 Å². The van der Waals surface area contributed by atoms with Crippen LogP contribution in [0.4, 0.5) is 0 Å². The first kappa shape index (κ1) is 32.8. The van der Waals surface area contributed by atoms with E-state index in [0.717, 1.165) is 19.1 Å². The number of carbonyl (C=O) groups excluding carboxylic acids is 3. The van der Waals surface area contributed by atoms with Crippen molar-refractivity contribution in [1.82, 2.24) is 16.1 Å². The fraction of sp³-hybridized carbons (Fsp3) is 0.852. The van der Waals surface area contributed by atoms with E-state index in [1.54, 1.807) is 5.43 Å². The van der Waals surface area contributed by atoms with Crippen molar-refractivity contribution < 1.29 is 28.7 Å². The van der Waals surface area contributed by atoms with E-state index in [1.807, 2.05) is 0 Å². The molecule has 5 N–H and O–H groups in total. The van der Waals surface area contributed by atoms with Gasteiger partial charge in [0.1, 0.15) is 12.3 Å². The van der Waals surface area contributed by atoms with E-state index < -0.39 is 29.7 Å². The number of guanidine groups is 1. The third-order valence-corrected chi connectivity index (χ3v) is 9.12. The summed E-state index contributed by atoms with van der Waals surface area (Å²) in [5.41, 5.74) is 7.05. The quantitative estimate of drug-likeness (QED) is 0.0403. The summed E-state index contributed by atoms with van der Waals surface area (Å²) < 4.78 is 13.1. The van der Waals surface area contributed by atoms with Crippen LogP contribution in [0.25, 0.3) is 0 Å². The van der Waals surface area contributed by atoms with E-state index >= 15 is 0 Å². The van der Waals surface area contributed by atoms with Crippen LogP contribution in [0.15, 0.2) is 4.99 Å². The third-order valence-electron chi connectivity index (χ3n) is 9.12. The van der Waals surface area contributed by atoms with Gasteiger partial charge in [-0.2, -0.15) is 0 Å². The summed E-state index contributed by atoms with van der Waals surface area (Å²) in [5, 5.41) is 15.7. The van der Waals surface area contributed by atoms with Crippen LogP contribution in [0.2, 0.25) is 0 Å². The Kier molecular flexibility index (Phi) is 11.2. The lowest BCUT2D eigenvalue weighted by Crippen LogP contribution is -2.65. The predicted molar refractivity (Wildman–Crippen MR) is 154 cm³/mol. The van der Waals surface area contributed by atoms with Crippen molar-refractivity contribution in [3.63, 3.8) is 0 Å². The van der Waals surface area contributed by atoms with Crippen molar-refractivity contribution in [1.29, 1.82) is 0 Å². The van der Waals surface area contributed by atoms with Gasteiger partial charge in [0.05, 0.1) is 17.6 Å². The molecule has 3 aliphatic carbocycles. The molecule has 0 aromatic rings. The molecule has 0 spiro atoms. The molecular weight excluding hydrogens is 531 g/mol. The molecule has 1 aliphatic heterocycles. The SMILES string of the molecule is CC(C)C[C@H](NC(=O)[C@H](CCCN=C(N)N[N+](=O)[O-])NC(=O)CCCCC=O)B1O[C@@H]2C[C@@H]3C[C@@H](C3(C)C)[C@]2(C)O1. The standard InChI is InChI=1S/C27H47BN6O7/c1-17(2)14-22(28-40-21-16-18-15-20(26(18,3)4)27(21,5)41-28)32-24(37)19(31-23(36)11-7-6-8-13-35)10-9-12-30-25(29)33-34(38)39/h13,17-22H,6-12,14-16H2,1-5H3,(H,31,36)(H,32,37)(H3,29,30,33)/t18-,19-,20-,21+,22-,27-/m0/s1. The number of aliphatic imine (C=N–C) groups is 1. The number of hydrazine groups is 1. The number of amides is 2. The number of aldehydes is 1. The lowest BCUT2D eigenvalue weighted by molar-refractivity contribution is -0.525. The predicted octanol–water partition coefficient (Wildman–Crippen LogP) is 1.91. The smallest absolute Gasteiger partial charge is 0.404 e. The van der Waals surface area contributed by atoms with Crippen LogP contribution in [-0.2, 0) is 23.7 Å². The van der Waals surface area contributed by atoms with Gasteiger partial charge < -0.3 is 30.5 Å². The molecule has 1 saturated heterocycles. The van der Waals surface area contributed by atoms with Crippen molar-refractivity contribution >= 4 is 31.2 Å². The van der Waals surface area contributed by atoms with Crippen LogP contribution in [-0.4, -0.2) is 66.4 Å². The van der Waals surface area contributed by atoms with Gasteiger partial charge in [-0.1, -0.05) is 33.1 Å². The second-order valence-corrected chi connectivity index (χ2v) is 12.9. The second kappa shape index (κ2) is 14.0. The topological polar surface area (TPSA) is 187 Å². The van der Waals surface area contributed by atoms with Crippen LogP contribution in [0.3, 0.4) is 0 Å². The molecule has 0 unspecified atom stereocenters. The third kappa shape index (κ3) is 8.18. The second-order valence-electron chi connectivity index (χ2n) is 12.9. The molecule has 4 rings (SSSR count). The molecule has 2 bridgehead atoms. The van der Waals surface area contributed by atoms with Gasteiger partial charge in [0.15, 0.2) is 5.03 Å². The molecule has 14 heteroatoms. The molecule has 4 fully saturated rings. The maximum atomic E-state index is 13.6. The van der Waals surface area contributed by atoms with Crippen molar-refractivity contribution in [3.05, 3.63) is 10.1 Å². The Morgan fingerprint density at radius 3 is 2.56 bits per heavy atom. The molecular formula is C27H47BN6O7. The van der Waals surface area contributed by atoms with Crippen molar-refractivity contribution in [3.8, 4) is 0 Å². The first-order valence-electron chi connectivity index (χ1n) is 14.9. The highest BCUT2D eigenvalue weighted by Crippen LogP contribution is 2.65. The number of rotatable bonds is 16. The average Bonchev–Trinajstić information content (AvgIpc) is 3.24. The lowest BCUT2D eigenvalue weighted by atomic mass is 9.43. The molecule has 0 radical (unpaired) electrons. The molecule has 0 aromatic heterocycles. The summed E-state index contributed by atoms with van der Waals surface area (Å²) in [4.78, 5) is 51.3. The Bertz CT molecular complexity index is 995. The first-order valence-corrected chi connectivity index (χ1v) is 14.9. The largest absolute Gasteiger partial charge is 0.481 e. The Labute approximate surface area is 242 Å². The number of carbonyl (C=O) groups is 3. The molecule has 3 saturated carbocycles. The fourth-order valence-electron chi connectivity index (χ4n) is 6.77. The summed E-state index contributed by atoms with van der Waals surface area (Å²) in [6.45, 7) is 11.0. The van der Waals surface area contributed by atoms with E-state index in [0.29, 0.717) is 43.9 Å². The number of nitrogens with two attached hydrogens (primary N) is 1. The molecule has 6 atom stereocenters. The van der Waals surface area contributed by atoms with Crippen LogP contribution in [0.1, 0.15) is 92.4 Å². The summed E-state index contributed by atoms with van der Waals surface area (Å²) in [7, 11) is -0.594. The highest BCUT2D eigenvalue weighted by Gasteiger charge is 2.68. The van der Waals surface area contributed by atoms with Crippen LogP contribution >= 0.6 is 0 Å². The van der Waals surface area contributed by atoms with Gasteiger partial charge in [-0.05, 0) is 75.0 Å². The molecule has 2 amide bonds. The molecule has 41 heavy (non-hydrogen) atoms. The Balaban J connectivity index is 1.67. The highest BCUT2D eigenvalue weighted by molar-refractivity contribution is 6.48. The number of hydrogen-bond acceptors (Lipinski definition) is 8. The summed E-state index contributed by atoms with van der Waals surface area (Å²) in [5.74, 6) is -0.130. The maximum Gasteiger partial charge on any atom is 0.481 e. The van der Waals surface area contributed by atoms with Gasteiger partial charge in [0.2, 0.25) is 11.8 Å². The molecule has 1 heterocycles. The van der Waals surface area contributed by atoms with Crippen LogP contribution < -0.4 is 21.8 Å². The minimum Gasteiger partial charge on any atom is -0.404 e. The average molecular weight is 579 g/mol. The Morgan fingerprint density at radius 2 is 1.93 bits per heavy atom. The van der Waals surface area contributed by atoms with E-state index in [4.69, 9.17) is 15.0 Å². The minimum absolute atomic E-state index is 0.0196. The van der Waals surface area contributed by atoms with Gasteiger partial charge in [-0.3, -0.25) is 9.59 Å². The van der Waals surface area contributed by atoms with Crippen molar-refractivity contribution in [2.75, 3.05) is 6.54 Å². The molecule has 230 valence electrons. The van der Waals surface area contributed by atoms with Crippen molar-refractivity contribution in [2.24, 2.45) is 33.9 Å². The first-order chi connectivity index (χ1) is 19.3. The summed E-state index contributed by atoms with van der Waals surface area (Å²) in [6.07, 6.45) is 5.80. The monoisotopic (exact) mass is 578 g/mol. The van der Waals surface area contributed by atoms with Gasteiger partial charge >= 0.3 is 7.12 Å². The summed E-state index contributed by atoms with van der Waals surface area (Å²) in [6, 6.07) is -0.853. The highest BCUT2D eigenvalue weighted by atomic mass is 16.7. The van der Waals surface area contributed by atoms with E-state index in [9.17, 15) is 24.5 Å². The van der Waals surface area contributed by atoms with Gasteiger partial charge in [-0.15, -0.1) is 0 Å². The zero-order valence-electron chi connectivity index (χ0n) is 25.0. The Morgan fingerprint density at radius 1 is 1.20 bits per heavy atom. The van der Waals surface area contributed by atoms with Crippen LogP contribution in [0.5, 0.6) is 0 Å². The molecule has 0 aromatic carbocycles. The molecule has 4 aliphatic rings. The minimum atomic E-state index is -0.853. The molecule has 13 nitrogen and oxygen atoms in total. The number of hydrogen-bond donors (Lipinski definition) is 4. The number of nitro groups is 1. The summed E-state index contributed by atoms with van der Waals surface area (Å²) >= 11 is 0. The fourth-order valence-corrected chi connectivity index (χ4v) is 6.77. The van der Waals surface area contributed by atoms with Crippen molar-refractivity contribution in [2.45, 2.75) is 116 Å². The number of nitrogens with one attached hydrogen (secondary N) is 3. The maximum absolute atomic E-state index is 13.6. The number of unbranched alkanes of at least 4 members (excludes halogenated alkanes) is 2. The van der Waals surface area contributed by atoms with E-state index in [1.165, 1.54) is 0 Å². The zero-order valence-corrected chi connectivity index (χ0v) is 25.0. The lowest BCUT2D eigenvalue weighted by Gasteiger charge is -2.64.